The van der Waals surface area contributed by atoms with Crippen LogP contribution >= 0.6 is 0 Å². The highest BCUT2D eigenvalue weighted by Crippen LogP contribution is 2.34. The van der Waals surface area contributed by atoms with Crippen LogP contribution in [0.1, 0.15) is 48.5 Å². The van der Waals surface area contributed by atoms with Gasteiger partial charge in [-0.2, -0.15) is 0 Å². The Morgan fingerprint density at radius 3 is 2.35 bits per heavy atom. The summed E-state index contributed by atoms with van der Waals surface area (Å²) in [6.45, 7) is 12.7. The molecule has 0 unspecified atom stereocenters. The van der Waals surface area contributed by atoms with Crippen LogP contribution < -0.4 is 0 Å². The first-order valence-electron chi connectivity index (χ1n) is 7.85. The Morgan fingerprint density at radius 1 is 1.30 bits per heavy atom. The number of esters is 1. The molecule has 6 nitrogen and oxygen atoms in total. The number of carbonyl (C=O) groups excluding carboxylic acids is 2. The minimum absolute atomic E-state index is 0.210. The van der Waals surface area contributed by atoms with Crippen LogP contribution in [0.25, 0.3) is 0 Å². The maximum absolute atomic E-state index is 12.6. The summed E-state index contributed by atoms with van der Waals surface area (Å²) in [6, 6.07) is -0.313. The SMILES string of the molecule is COC(=O)[C@H](C)/C=C/[C@@H]1[C@@H](C)OC(C)(C)N1C(=O)OC(C)(C)C. The predicted molar refractivity (Wildman–Crippen MR) is 86.8 cm³/mol. The van der Waals surface area contributed by atoms with Crippen LogP contribution in [-0.4, -0.2) is 47.5 Å². The number of nitrogens with zero attached hydrogens (tertiary/aromatic N) is 1. The average Bonchev–Trinajstić information content (AvgIpc) is 2.61. The van der Waals surface area contributed by atoms with Crippen LogP contribution in [0.5, 0.6) is 0 Å². The summed E-state index contributed by atoms with van der Waals surface area (Å²) in [6.07, 6.45) is 2.89. The molecule has 1 aliphatic rings. The summed E-state index contributed by atoms with van der Waals surface area (Å²) in [5.74, 6) is -0.715. The minimum atomic E-state index is -0.786. The zero-order chi connectivity index (χ0) is 18.0. The lowest BCUT2D eigenvalue weighted by atomic mass is 10.1. The van der Waals surface area contributed by atoms with Gasteiger partial charge in [-0.15, -0.1) is 0 Å². The molecule has 0 spiro atoms. The molecule has 1 aliphatic heterocycles. The second-order valence-corrected chi connectivity index (χ2v) is 7.31. The van der Waals surface area contributed by atoms with Crippen LogP contribution in [0.3, 0.4) is 0 Å². The molecule has 1 rings (SSSR count). The third-order valence-corrected chi connectivity index (χ3v) is 3.59. The number of hydrogen-bond acceptors (Lipinski definition) is 5. The van der Waals surface area contributed by atoms with E-state index in [2.05, 4.69) is 0 Å². The maximum Gasteiger partial charge on any atom is 0.413 e. The molecule has 3 atom stereocenters. The van der Waals surface area contributed by atoms with Gasteiger partial charge in [-0.25, -0.2) is 4.79 Å². The van der Waals surface area contributed by atoms with Crippen molar-refractivity contribution in [3.05, 3.63) is 12.2 Å². The third-order valence-electron chi connectivity index (χ3n) is 3.59. The van der Waals surface area contributed by atoms with Gasteiger partial charge in [0, 0.05) is 0 Å². The Balaban J connectivity index is 3.00. The molecule has 0 N–H and O–H groups in total. The molecule has 0 aromatic carbocycles. The van der Waals surface area contributed by atoms with Gasteiger partial charge >= 0.3 is 12.1 Å². The van der Waals surface area contributed by atoms with E-state index in [1.165, 1.54) is 7.11 Å². The number of rotatable bonds is 3. The van der Waals surface area contributed by atoms with Crippen molar-refractivity contribution in [2.75, 3.05) is 7.11 Å². The van der Waals surface area contributed by atoms with Crippen molar-refractivity contribution in [3.8, 4) is 0 Å². The Hall–Kier alpha value is -1.56. The van der Waals surface area contributed by atoms with Crippen molar-refractivity contribution in [1.29, 1.82) is 0 Å². The summed E-state index contributed by atoms with van der Waals surface area (Å²) in [5, 5.41) is 0. The molecule has 0 radical (unpaired) electrons. The zero-order valence-corrected chi connectivity index (χ0v) is 15.4. The topological polar surface area (TPSA) is 65.1 Å². The summed E-state index contributed by atoms with van der Waals surface area (Å²) in [5.41, 5.74) is -1.38. The highest BCUT2D eigenvalue weighted by molar-refractivity contribution is 5.74. The van der Waals surface area contributed by atoms with E-state index in [0.29, 0.717) is 0 Å². The van der Waals surface area contributed by atoms with E-state index >= 15 is 0 Å². The van der Waals surface area contributed by atoms with Crippen molar-refractivity contribution < 1.29 is 23.8 Å². The molecule has 1 fully saturated rings. The highest BCUT2D eigenvalue weighted by atomic mass is 16.6. The van der Waals surface area contributed by atoms with Crippen LogP contribution in [0, 0.1) is 5.92 Å². The molecule has 1 saturated heterocycles. The first-order chi connectivity index (χ1) is 10.4. The Labute approximate surface area is 138 Å². The molecule has 0 aliphatic carbocycles. The molecular weight excluding hydrogens is 298 g/mol. The van der Waals surface area contributed by atoms with Crippen LogP contribution in [0.2, 0.25) is 0 Å². The fourth-order valence-electron chi connectivity index (χ4n) is 2.59. The molecule has 0 saturated carbocycles. The quantitative estimate of drug-likeness (QED) is 0.588. The summed E-state index contributed by atoms with van der Waals surface area (Å²) in [4.78, 5) is 25.7. The summed E-state index contributed by atoms with van der Waals surface area (Å²) >= 11 is 0. The van der Waals surface area contributed by atoms with Crippen LogP contribution in [0.4, 0.5) is 4.79 Å². The Kier molecular flexibility index (Phi) is 5.85. The van der Waals surface area contributed by atoms with Gasteiger partial charge in [0.2, 0.25) is 0 Å². The number of ether oxygens (including phenoxy) is 3. The van der Waals surface area contributed by atoms with E-state index in [9.17, 15) is 9.59 Å². The molecule has 0 aromatic heterocycles. The normalized spacial score (nSPS) is 25.5. The first-order valence-corrected chi connectivity index (χ1v) is 7.85. The Morgan fingerprint density at radius 2 is 1.87 bits per heavy atom. The monoisotopic (exact) mass is 327 g/mol. The molecule has 23 heavy (non-hydrogen) atoms. The number of carbonyl (C=O) groups is 2. The second kappa shape index (κ2) is 6.91. The summed E-state index contributed by atoms with van der Waals surface area (Å²) < 4.78 is 16.1. The first kappa shape index (κ1) is 19.5. The molecule has 6 heteroatoms. The van der Waals surface area contributed by atoms with Gasteiger partial charge in [-0.05, 0) is 48.5 Å². The molecule has 1 amide bonds. The van der Waals surface area contributed by atoms with Crippen LogP contribution in [0.15, 0.2) is 12.2 Å². The average molecular weight is 327 g/mol. The lowest BCUT2D eigenvalue weighted by Crippen LogP contribution is -2.49. The maximum atomic E-state index is 12.6. The largest absolute Gasteiger partial charge is 0.469 e. The highest BCUT2D eigenvalue weighted by Gasteiger charge is 2.48. The van der Waals surface area contributed by atoms with Crippen molar-refractivity contribution in [2.24, 2.45) is 5.92 Å². The van der Waals surface area contributed by atoms with E-state index in [1.54, 1.807) is 17.9 Å². The van der Waals surface area contributed by atoms with Crippen LogP contribution in [-0.2, 0) is 19.0 Å². The minimum Gasteiger partial charge on any atom is -0.469 e. The Bertz CT molecular complexity index is 478. The number of hydrogen-bond donors (Lipinski definition) is 0. The number of amides is 1. The molecule has 132 valence electrons. The fourth-order valence-corrected chi connectivity index (χ4v) is 2.59. The molecule has 1 heterocycles. The second-order valence-electron chi connectivity index (χ2n) is 7.31. The van der Waals surface area contributed by atoms with E-state index in [1.807, 2.05) is 47.6 Å². The smallest absolute Gasteiger partial charge is 0.413 e. The van der Waals surface area contributed by atoms with Gasteiger partial charge in [-0.3, -0.25) is 9.69 Å². The number of methoxy groups -OCH3 is 1. The van der Waals surface area contributed by atoms with Crippen molar-refractivity contribution in [3.63, 3.8) is 0 Å². The summed E-state index contributed by atoms with van der Waals surface area (Å²) in [7, 11) is 1.35. The van der Waals surface area contributed by atoms with Gasteiger partial charge in [0.25, 0.3) is 0 Å². The van der Waals surface area contributed by atoms with E-state index in [4.69, 9.17) is 14.2 Å². The third kappa shape index (κ3) is 4.96. The predicted octanol–water partition coefficient (Wildman–Crippen LogP) is 3.11. The lowest BCUT2D eigenvalue weighted by Gasteiger charge is -2.34. The molecular formula is C17H29NO5. The van der Waals surface area contributed by atoms with Gasteiger partial charge in [0.15, 0.2) is 0 Å². The molecule has 0 aromatic rings. The fraction of sp³-hybridized carbons (Fsp3) is 0.765. The van der Waals surface area contributed by atoms with Gasteiger partial charge < -0.3 is 14.2 Å². The molecule has 0 bridgehead atoms. The van der Waals surface area contributed by atoms with Crippen molar-refractivity contribution >= 4 is 12.1 Å². The van der Waals surface area contributed by atoms with Gasteiger partial charge in [0.1, 0.15) is 11.3 Å². The van der Waals surface area contributed by atoms with Gasteiger partial charge in [0.05, 0.1) is 25.2 Å². The van der Waals surface area contributed by atoms with Crippen molar-refractivity contribution in [2.45, 2.75) is 71.9 Å². The zero-order valence-electron chi connectivity index (χ0n) is 15.4. The van der Waals surface area contributed by atoms with E-state index in [-0.39, 0.29) is 18.1 Å². The lowest BCUT2D eigenvalue weighted by molar-refractivity contribution is -0.143. The standard InChI is InChI=1S/C17H29NO5/c1-11(14(19)21-8)9-10-13-12(2)22-17(6,7)18(13)15(20)23-16(3,4)5/h9-13H,1-8H3/b10-9+/t11-,12-,13-/m1/s1. The van der Waals surface area contributed by atoms with E-state index < -0.39 is 23.3 Å². The van der Waals surface area contributed by atoms with Gasteiger partial charge in [-0.1, -0.05) is 12.2 Å². The van der Waals surface area contributed by atoms with Crippen molar-refractivity contribution in [1.82, 2.24) is 4.90 Å². The van der Waals surface area contributed by atoms with E-state index in [0.717, 1.165) is 0 Å².